The van der Waals surface area contributed by atoms with Gasteiger partial charge in [0, 0.05) is 25.2 Å². The smallest absolute Gasteiger partial charge is 0.320 e. The molecule has 0 radical (unpaired) electrons. The Morgan fingerprint density at radius 3 is 2.21 bits per heavy atom. The van der Waals surface area contributed by atoms with Crippen molar-refractivity contribution in [2.75, 3.05) is 39.4 Å². The van der Waals surface area contributed by atoms with Crippen LogP contribution in [0.4, 0.5) is 0 Å². The Hall–Kier alpha value is -3.10. The standard InChI is InChI=1S/C26H36N2O6/c1-2-16-33-26(32)20-28(19-22-11-4-6-13-24(22)30)15-14-27-18-25(31)34-17-8-7-10-21-9-3-5-12-23(21)29/h3-6,9,11-13,27,29-30H,2,7-8,10,14-20H2,1H3. The molecule has 186 valence electrons. The Morgan fingerprint density at radius 1 is 0.882 bits per heavy atom. The van der Waals surface area contributed by atoms with Gasteiger partial charge in [-0.2, -0.15) is 0 Å². The number of rotatable bonds is 16. The van der Waals surface area contributed by atoms with E-state index in [1.54, 1.807) is 24.3 Å². The minimum atomic E-state index is -0.336. The first-order valence-corrected chi connectivity index (χ1v) is 11.8. The van der Waals surface area contributed by atoms with Crippen LogP contribution >= 0.6 is 0 Å². The van der Waals surface area contributed by atoms with Crippen LogP contribution < -0.4 is 5.32 Å². The molecule has 8 nitrogen and oxygen atoms in total. The van der Waals surface area contributed by atoms with Crippen LogP contribution in [0, 0.1) is 0 Å². The van der Waals surface area contributed by atoms with Crippen molar-refractivity contribution in [3.05, 3.63) is 59.7 Å². The number of phenolic OH excluding ortho intramolecular Hbond substituents is 2. The molecule has 0 spiro atoms. The molecule has 3 N–H and O–H groups in total. The van der Waals surface area contributed by atoms with Crippen LogP contribution in [0.3, 0.4) is 0 Å². The number of benzene rings is 2. The van der Waals surface area contributed by atoms with Crippen molar-refractivity contribution >= 4 is 11.9 Å². The lowest BCUT2D eigenvalue weighted by atomic mass is 10.1. The number of phenols is 2. The third-order valence-corrected chi connectivity index (χ3v) is 5.17. The summed E-state index contributed by atoms with van der Waals surface area (Å²) in [5, 5.41) is 22.9. The van der Waals surface area contributed by atoms with Crippen LogP contribution in [0.5, 0.6) is 11.5 Å². The van der Waals surface area contributed by atoms with Gasteiger partial charge in [0.25, 0.3) is 0 Å². The van der Waals surface area contributed by atoms with Crippen molar-refractivity contribution in [2.24, 2.45) is 0 Å². The Labute approximate surface area is 201 Å². The van der Waals surface area contributed by atoms with Crippen LogP contribution in [-0.4, -0.2) is 66.4 Å². The van der Waals surface area contributed by atoms with Gasteiger partial charge in [-0.05, 0) is 43.4 Å². The number of para-hydroxylation sites is 2. The normalized spacial score (nSPS) is 10.9. The van der Waals surface area contributed by atoms with Crippen LogP contribution in [0.25, 0.3) is 0 Å². The highest BCUT2D eigenvalue weighted by Crippen LogP contribution is 2.18. The number of ether oxygens (including phenoxy) is 2. The summed E-state index contributed by atoms with van der Waals surface area (Å²) >= 11 is 0. The predicted molar refractivity (Wildman–Crippen MR) is 130 cm³/mol. The maximum atomic E-state index is 12.1. The Bertz CT molecular complexity index is 889. The first-order valence-electron chi connectivity index (χ1n) is 11.8. The maximum absolute atomic E-state index is 12.1. The van der Waals surface area contributed by atoms with Gasteiger partial charge in [-0.3, -0.25) is 14.5 Å². The lowest BCUT2D eigenvalue weighted by Gasteiger charge is -2.22. The summed E-state index contributed by atoms with van der Waals surface area (Å²) in [5.41, 5.74) is 1.61. The molecule has 0 saturated heterocycles. The molecule has 0 bridgehead atoms. The molecule has 0 amide bonds. The van der Waals surface area contributed by atoms with Gasteiger partial charge in [0.05, 0.1) is 26.3 Å². The number of nitrogens with zero attached hydrogens (tertiary/aromatic N) is 1. The monoisotopic (exact) mass is 472 g/mol. The fraction of sp³-hybridized carbons (Fsp3) is 0.462. The van der Waals surface area contributed by atoms with E-state index >= 15 is 0 Å². The third kappa shape index (κ3) is 10.7. The first-order chi connectivity index (χ1) is 16.5. The van der Waals surface area contributed by atoms with Gasteiger partial charge in [-0.25, -0.2) is 0 Å². The van der Waals surface area contributed by atoms with Gasteiger partial charge in [0.15, 0.2) is 0 Å². The molecule has 0 aliphatic carbocycles. The number of carbonyl (C=O) groups excluding carboxylic acids is 2. The lowest BCUT2D eigenvalue weighted by Crippen LogP contribution is -2.37. The number of hydrogen-bond donors (Lipinski definition) is 3. The Kier molecular flexibility index (Phi) is 12.5. The largest absolute Gasteiger partial charge is 0.508 e. The van der Waals surface area contributed by atoms with Crippen LogP contribution in [-0.2, 0) is 32.0 Å². The number of unbranched alkanes of at least 4 members (excludes halogenated alkanes) is 1. The highest BCUT2D eigenvalue weighted by atomic mass is 16.5. The second kappa shape index (κ2) is 15.7. The van der Waals surface area contributed by atoms with Gasteiger partial charge in [0.1, 0.15) is 11.5 Å². The SMILES string of the molecule is CCCOC(=O)CN(CCNCC(=O)OCCCCc1ccccc1O)Cc1ccccc1O. The number of esters is 2. The summed E-state index contributed by atoms with van der Waals surface area (Å²) in [4.78, 5) is 25.9. The van der Waals surface area contributed by atoms with E-state index in [0.29, 0.717) is 50.6 Å². The zero-order valence-electron chi connectivity index (χ0n) is 19.9. The van der Waals surface area contributed by atoms with Gasteiger partial charge < -0.3 is 25.0 Å². The van der Waals surface area contributed by atoms with E-state index in [1.165, 1.54) is 0 Å². The van der Waals surface area contributed by atoms with E-state index in [2.05, 4.69) is 5.32 Å². The molecule has 2 aromatic carbocycles. The fourth-order valence-electron chi connectivity index (χ4n) is 3.35. The molecule has 2 rings (SSSR count). The molecule has 2 aromatic rings. The maximum Gasteiger partial charge on any atom is 0.320 e. The molecule has 0 aliphatic heterocycles. The number of hydrogen-bond acceptors (Lipinski definition) is 8. The zero-order chi connectivity index (χ0) is 24.6. The van der Waals surface area contributed by atoms with E-state index in [0.717, 1.165) is 24.8 Å². The molecule has 0 aromatic heterocycles. The molecule has 8 heteroatoms. The second-order valence-electron chi connectivity index (χ2n) is 8.04. The molecule has 0 heterocycles. The predicted octanol–water partition coefficient (Wildman–Crippen LogP) is 3.01. The number of aromatic hydroxyl groups is 2. The summed E-state index contributed by atoms with van der Waals surface area (Å²) < 4.78 is 10.4. The molecular weight excluding hydrogens is 436 g/mol. The average molecular weight is 473 g/mol. The molecule has 0 unspecified atom stereocenters. The topological polar surface area (TPSA) is 108 Å². The Balaban J connectivity index is 1.66. The summed E-state index contributed by atoms with van der Waals surface area (Å²) in [6.45, 7) is 4.15. The average Bonchev–Trinajstić information content (AvgIpc) is 2.82. The van der Waals surface area contributed by atoms with Crippen molar-refractivity contribution in [1.29, 1.82) is 0 Å². The summed E-state index contributed by atoms with van der Waals surface area (Å²) in [7, 11) is 0. The van der Waals surface area contributed by atoms with Crippen molar-refractivity contribution < 1.29 is 29.3 Å². The molecule has 34 heavy (non-hydrogen) atoms. The van der Waals surface area contributed by atoms with Crippen molar-refractivity contribution in [2.45, 2.75) is 39.2 Å². The van der Waals surface area contributed by atoms with Gasteiger partial charge >= 0.3 is 11.9 Å². The van der Waals surface area contributed by atoms with E-state index in [9.17, 15) is 19.8 Å². The minimum absolute atomic E-state index is 0.0736. The number of aryl methyl sites for hydroxylation is 1. The molecular formula is C26H36N2O6. The van der Waals surface area contributed by atoms with Gasteiger partial charge in [-0.15, -0.1) is 0 Å². The zero-order valence-corrected chi connectivity index (χ0v) is 19.9. The fourth-order valence-corrected chi connectivity index (χ4v) is 3.35. The summed E-state index contributed by atoms with van der Waals surface area (Å²) in [6, 6.07) is 14.2. The van der Waals surface area contributed by atoms with E-state index in [-0.39, 0.29) is 30.8 Å². The second-order valence-corrected chi connectivity index (χ2v) is 8.04. The molecule has 0 aliphatic rings. The van der Waals surface area contributed by atoms with Crippen molar-refractivity contribution in [3.63, 3.8) is 0 Å². The number of carbonyl (C=O) groups is 2. The third-order valence-electron chi connectivity index (χ3n) is 5.17. The number of nitrogens with one attached hydrogen (secondary N) is 1. The van der Waals surface area contributed by atoms with Crippen LogP contribution in [0.15, 0.2) is 48.5 Å². The Morgan fingerprint density at radius 2 is 1.53 bits per heavy atom. The van der Waals surface area contributed by atoms with Crippen LogP contribution in [0.2, 0.25) is 0 Å². The van der Waals surface area contributed by atoms with Gasteiger partial charge in [0.2, 0.25) is 0 Å². The lowest BCUT2D eigenvalue weighted by molar-refractivity contribution is -0.145. The van der Waals surface area contributed by atoms with Crippen molar-refractivity contribution in [3.8, 4) is 11.5 Å². The highest BCUT2D eigenvalue weighted by molar-refractivity contribution is 5.72. The van der Waals surface area contributed by atoms with Crippen LogP contribution in [0.1, 0.15) is 37.3 Å². The summed E-state index contributed by atoms with van der Waals surface area (Å²) in [6.07, 6.45) is 3.02. The van der Waals surface area contributed by atoms with E-state index in [4.69, 9.17) is 9.47 Å². The molecule has 0 saturated carbocycles. The minimum Gasteiger partial charge on any atom is -0.508 e. The molecule has 0 atom stereocenters. The van der Waals surface area contributed by atoms with Gasteiger partial charge in [-0.1, -0.05) is 43.3 Å². The van der Waals surface area contributed by atoms with E-state index in [1.807, 2.05) is 36.1 Å². The van der Waals surface area contributed by atoms with E-state index < -0.39 is 0 Å². The molecule has 0 fully saturated rings. The first kappa shape index (κ1) is 27.1. The highest BCUT2D eigenvalue weighted by Gasteiger charge is 2.14. The van der Waals surface area contributed by atoms with Crippen molar-refractivity contribution in [1.82, 2.24) is 10.2 Å². The summed E-state index contributed by atoms with van der Waals surface area (Å²) in [5.74, 6) is -0.190. The quantitative estimate of drug-likeness (QED) is 0.253.